The molecule has 0 atom stereocenters. The first-order valence-corrected chi connectivity index (χ1v) is 8.51. The summed E-state index contributed by atoms with van der Waals surface area (Å²) in [6, 6.07) is 9.40. The molecule has 2 aromatic rings. The van der Waals surface area contributed by atoms with Crippen molar-refractivity contribution in [1.82, 2.24) is 25.5 Å². The van der Waals surface area contributed by atoms with Crippen LogP contribution >= 0.6 is 0 Å². The van der Waals surface area contributed by atoms with E-state index < -0.39 is 0 Å². The van der Waals surface area contributed by atoms with Crippen LogP contribution in [0.5, 0.6) is 0 Å². The Labute approximate surface area is 148 Å². The Bertz CT molecular complexity index is 685. The number of urea groups is 1. The Kier molecular flexibility index (Phi) is 5.79. The van der Waals surface area contributed by atoms with E-state index in [2.05, 4.69) is 37.4 Å². The second-order valence-corrected chi connectivity index (χ2v) is 6.17. The van der Waals surface area contributed by atoms with Crippen LogP contribution in [0, 0.1) is 0 Å². The van der Waals surface area contributed by atoms with E-state index in [0.717, 1.165) is 43.3 Å². The van der Waals surface area contributed by atoms with Gasteiger partial charge in [-0.15, -0.1) is 0 Å². The standard InChI is InChI=1S/C18H24N6O/c1-23-8-10-24(11-9-23)17-12-15(5-7-20-17)13-21-18(25)22-14-16-4-2-3-6-19-16/h2-7,12H,8-11,13-14H2,1H3,(H2,21,22,25). The molecule has 0 radical (unpaired) electrons. The van der Waals surface area contributed by atoms with Gasteiger partial charge in [-0.1, -0.05) is 6.07 Å². The highest BCUT2D eigenvalue weighted by molar-refractivity contribution is 5.73. The average molecular weight is 340 g/mol. The molecule has 0 bridgehead atoms. The first kappa shape index (κ1) is 17.2. The number of rotatable bonds is 5. The zero-order chi connectivity index (χ0) is 17.5. The average Bonchev–Trinajstić information content (AvgIpc) is 2.66. The van der Waals surface area contributed by atoms with Crippen molar-refractivity contribution in [1.29, 1.82) is 0 Å². The lowest BCUT2D eigenvalue weighted by molar-refractivity contribution is 0.240. The minimum Gasteiger partial charge on any atom is -0.354 e. The molecule has 2 N–H and O–H groups in total. The smallest absolute Gasteiger partial charge is 0.315 e. The number of hydrogen-bond acceptors (Lipinski definition) is 5. The van der Waals surface area contributed by atoms with Crippen LogP contribution in [0.3, 0.4) is 0 Å². The summed E-state index contributed by atoms with van der Waals surface area (Å²) in [5.41, 5.74) is 1.87. The third-order valence-electron chi connectivity index (χ3n) is 4.25. The minimum atomic E-state index is -0.205. The van der Waals surface area contributed by atoms with Crippen molar-refractivity contribution in [2.75, 3.05) is 38.1 Å². The van der Waals surface area contributed by atoms with E-state index in [4.69, 9.17) is 0 Å². The van der Waals surface area contributed by atoms with Gasteiger partial charge in [0.2, 0.25) is 0 Å². The van der Waals surface area contributed by atoms with Crippen LogP contribution in [-0.2, 0) is 13.1 Å². The maximum atomic E-state index is 11.9. The van der Waals surface area contributed by atoms with Gasteiger partial charge in [-0.25, -0.2) is 9.78 Å². The van der Waals surface area contributed by atoms with Crippen LogP contribution in [0.25, 0.3) is 0 Å². The molecule has 0 spiro atoms. The number of nitrogens with one attached hydrogen (secondary N) is 2. The largest absolute Gasteiger partial charge is 0.354 e. The first-order chi connectivity index (χ1) is 12.2. The number of anilines is 1. The van der Waals surface area contributed by atoms with Crippen LogP contribution < -0.4 is 15.5 Å². The van der Waals surface area contributed by atoms with Gasteiger partial charge in [-0.2, -0.15) is 0 Å². The van der Waals surface area contributed by atoms with Gasteiger partial charge in [0.25, 0.3) is 0 Å². The lowest BCUT2D eigenvalue weighted by Gasteiger charge is -2.33. The number of aromatic nitrogens is 2. The van der Waals surface area contributed by atoms with Gasteiger partial charge >= 0.3 is 6.03 Å². The number of hydrogen-bond donors (Lipinski definition) is 2. The molecule has 3 rings (SSSR count). The number of piperazine rings is 1. The molecule has 1 fully saturated rings. The SMILES string of the molecule is CN1CCN(c2cc(CNC(=O)NCc3ccccn3)ccn2)CC1. The molecule has 132 valence electrons. The Morgan fingerprint density at radius 3 is 2.60 bits per heavy atom. The lowest BCUT2D eigenvalue weighted by Crippen LogP contribution is -2.44. The Balaban J connectivity index is 1.48. The molecule has 0 aliphatic carbocycles. The Morgan fingerprint density at radius 1 is 1.04 bits per heavy atom. The van der Waals surface area contributed by atoms with Gasteiger partial charge in [0.05, 0.1) is 12.2 Å². The summed E-state index contributed by atoms with van der Waals surface area (Å²) >= 11 is 0. The number of nitrogens with zero attached hydrogens (tertiary/aromatic N) is 4. The molecule has 1 aliphatic heterocycles. The van der Waals surface area contributed by atoms with Crippen LogP contribution in [0.1, 0.15) is 11.3 Å². The van der Waals surface area contributed by atoms with Crippen molar-refractivity contribution in [3.63, 3.8) is 0 Å². The molecule has 3 heterocycles. The molecular formula is C18H24N6O. The summed E-state index contributed by atoms with van der Waals surface area (Å²) < 4.78 is 0. The Morgan fingerprint density at radius 2 is 1.84 bits per heavy atom. The molecule has 1 aliphatic rings. The zero-order valence-corrected chi connectivity index (χ0v) is 14.5. The molecule has 0 saturated carbocycles. The van der Waals surface area contributed by atoms with E-state index in [1.165, 1.54) is 0 Å². The third kappa shape index (κ3) is 5.15. The van der Waals surface area contributed by atoms with Crippen molar-refractivity contribution in [2.45, 2.75) is 13.1 Å². The number of amides is 2. The lowest BCUT2D eigenvalue weighted by atomic mass is 10.2. The molecule has 7 heteroatoms. The fraction of sp³-hybridized carbons (Fsp3) is 0.389. The summed E-state index contributed by atoms with van der Waals surface area (Å²) in [6.45, 7) is 4.92. The van der Waals surface area contributed by atoms with Crippen LogP contribution in [0.4, 0.5) is 10.6 Å². The second kappa shape index (κ2) is 8.43. The fourth-order valence-corrected chi connectivity index (χ4v) is 2.70. The molecule has 0 aromatic carbocycles. The number of carbonyl (C=O) groups is 1. The number of carbonyl (C=O) groups excluding carboxylic acids is 1. The number of likely N-dealkylation sites (N-methyl/N-ethyl adjacent to an activating group) is 1. The topological polar surface area (TPSA) is 73.4 Å². The molecule has 1 saturated heterocycles. The normalized spacial score (nSPS) is 15.0. The quantitative estimate of drug-likeness (QED) is 0.856. The van der Waals surface area contributed by atoms with Crippen LogP contribution in [0.15, 0.2) is 42.7 Å². The number of pyridine rings is 2. The van der Waals surface area contributed by atoms with Crippen molar-refractivity contribution < 1.29 is 4.79 Å². The summed E-state index contributed by atoms with van der Waals surface area (Å²) in [6.07, 6.45) is 3.52. The van der Waals surface area contributed by atoms with Crippen molar-refractivity contribution >= 4 is 11.8 Å². The predicted octanol–water partition coefficient (Wildman–Crippen LogP) is 1.23. The zero-order valence-electron chi connectivity index (χ0n) is 14.5. The summed E-state index contributed by atoms with van der Waals surface area (Å²) in [4.78, 5) is 25.2. The summed E-state index contributed by atoms with van der Waals surface area (Å²) in [7, 11) is 2.13. The van der Waals surface area contributed by atoms with Gasteiger partial charge < -0.3 is 20.4 Å². The molecule has 25 heavy (non-hydrogen) atoms. The van der Waals surface area contributed by atoms with E-state index in [1.807, 2.05) is 30.3 Å². The summed E-state index contributed by atoms with van der Waals surface area (Å²) in [5.74, 6) is 0.973. The highest BCUT2D eigenvalue weighted by Gasteiger charge is 2.15. The van der Waals surface area contributed by atoms with Gasteiger partial charge in [-0.3, -0.25) is 4.98 Å². The van der Waals surface area contributed by atoms with E-state index in [0.29, 0.717) is 13.1 Å². The van der Waals surface area contributed by atoms with Crippen LogP contribution in [0.2, 0.25) is 0 Å². The van der Waals surface area contributed by atoms with Gasteiger partial charge in [0, 0.05) is 45.1 Å². The Hall–Kier alpha value is -2.67. The van der Waals surface area contributed by atoms with E-state index in [9.17, 15) is 4.79 Å². The van der Waals surface area contributed by atoms with E-state index in [-0.39, 0.29) is 6.03 Å². The molecule has 7 nitrogen and oxygen atoms in total. The molecular weight excluding hydrogens is 316 g/mol. The highest BCUT2D eigenvalue weighted by Crippen LogP contribution is 2.14. The predicted molar refractivity (Wildman–Crippen MR) is 97.3 cm³/mol. The van der Waals surface area contributed by atoms with E-state index in [1.54, 1.807) is 12.4 Å². The minimum absolute atomic E-state index is 0.205. The molecule has 2 aromatic heterocycles. The second-order valence-electron chi connectivity index (χ2n) is 6.17. The van der Waals surface area contributed by atoms with Crippen molar-refractivity contribution in [3.8, 4) is 0 Å². The fourth-order valence-electron chi connectivity index (χ4n) is 2.70. The third-order valence-corrected chi connectivity index (χ3v) is 4.25. The maximum Gasteiger partial charge on any atom is 0.315 e. The van der Waals surface area contributed by atoms with Gasteiger partial charge in [-0.05, 0) is 36.9 Å². The first-order valence-electron chi connectivity index (χ1n) is 8.51. The van der Waals surface area contributed by atoms with Gasteiger partial charge in [0.1, 0.15) is 5.82 Å². The van der Waals surface area contributed by atoms with Crippen molar-refractivity contribution in [2.24, 2.45) is 0 Å². The molecule has 0 unspecified atom stereocenters. The van der Waals surface area contributed by atoms with Crippen LogP contribution in [-0.4, -0.2) is 54.1 Å². The van der Waals surface area contributed by atoms with E-state index >= 15 is 0 Å². The summed E-state index contributed by atoms with van der Waals surface area (Å²) in [5, 5.41) is 5.68. The van der Waals surface area contributed by atoms with Crippen molar-refractivity contribution in [3.05, 3.63) is 54.0 Å². The maximum absolute atomic E-state index is 11.9. The highest BCUT2D eigenvalue weighted by atomic mass is 16.2. The van der Waals surface area contributed by atoms with Gasteiger partial charge in [0.15, 0.2) is 0 Å². The monoisotopic (exact) mass is 340 g/mol. The molecule has 2 amide bonds.